The molecule has 0 saturated heterocycles. The second kappa shape index (κ2) is 6.09. The fourth-order valence-corrected chi connectivity index (χ4v) is 3.29. The van der Waals surface area contributed by atoms with Gasteiger partial charge >= 0.3 is 5.97 Å². The third kappa shape index (κ3) is 2.78. The van der Waals surface area contributed by atoms with Crippen LogP contribution >= 0.6 is 11.3 Å². The van der Waals surface area contributed by atoms with Gasteiger partial charge in [-0.3, -0.25) is 14.2 Å². The predicted molar refractivity (Wildman–Crippen MR) is 92.3 cm³/mol. The van der Waals surface area contributed by atoms with Crippen LogP contribution in [0.15, 0.2) is 34.4 Å². The number of thiophene rings is 1. The summed E-state index contributed by atoms with van der Waals surface area (Å²) in [7, 11) is 0. The van der Waals surface area contributed by atoms with Gasteiger partial charge < -0.3 is 9.84 Å². The standard InChI is InChI=1S/C17H16N2O4S/c1-9(2)15-18-13-8-11(21)4-5-12(13)16(22)19(15)17-14(6-7-24-17)23-10(3)20/h4-9,21H,1-3H3. The summed E-state index contributed by atoms with van der Waals surface area (Å²) in [4.78, 5) is 28.9. The van der Waals surface area contributed by atoms with E-state index in [4.69, 9.17) is 4.74 Å². The highest BCUT2D eigenvalue weighted by atomic mass is 32.1. The van der Waals surface area contributed by atoms with Crippen LogP contribution in [0.2, 0.25) is 0 Å². The van der Waals surface area contributed by atoms with Crippen LogP contribution in [0.5, 0.6) is 11.5 Å². The number of ether oxygens (including phenoxy) is 1. The number of hydrogen-bond donors (Lipinski definition) is 1. The molecular weight excluding hydrogens is 328 g/mol. The summed E-state index contributed by atoms with van der Waals surface area (Å²) < 4.78 is 6.68. The van der Waals surface area contributed by atoms with E-state index in [1.54, 1.807) is 17.5 Å². The number of fused-ring (bicyclic) bond motifs is 1. The second-order valence-corrected chi connectivity index (χ2v) is 6.54. The Bertz CT molecular complexity index is 988. The lowest BCUT2D eigenvalue weighted by atomic mass is 10.1. The zero-order valence-corrected chi connectivity index (χ0v) is 14.3. The molecule has 1 N–H and O–H groups in total. The first-order valence-corrected chi connectivity index (χ1v) is 8.28. The zero-order chi connectivity index (χ0) is 17.4. The van der Waals surface area contributed by atoms with Crippen LogP contribution in [-0.4, -0.2) is 20.6 Å². The first kappa shape index (κ1) is 16.2. The normalized spacial score (nSPS) is 11.2. The predicted octanol–water partition coefficient (Wildman–Crippen LogP) is 3.20. The molecular formula is C17H16N2O4S. The molecule has 0 fully saturated rings. The molecule has 0 spiro atoms. The van der Waals surface area contributed by atoms with Gasteiger partial charge in [0.2, 0.25) is 0 Å². The van der Waals surface area contributed by atoms with E-state index in [1.807, 2.05) is 13.8 Å². The first-order chi connectivity index (χ1) is 11.4. The molecule has 2 heterocycles. The maximum absolute atomic E-state index is 13.0. The second-order valence-electron chi connectivity index (χ2n) is 5.65. The Morgan fingerprint density at radius 3 is 2.75 bits per heavy atom. The smallest absolute Gasteiger partial charge is 0.308 e. The number of aromatic nitrogens is 2. The number of rotatable bonds is 3. The average Bonchev–Trinajstić information content (AvgIpc) is 2.93. The molecule has 0 atom stereocenters. The van der Waals surface area contributed by atoms with Crippen LogP contribution in [0, 0.1) is 0 Å². The van der Waals surface area contributed by atoms with Crippen LogP contribution in [0.3, 0.4) is 0 Å². The molecule has 2 aromatic heterocycles. The Labute approximate surface area is 142 Å². The van der Waals surface area contributed by atoms with Gasteiger partial charge in [-0.05, 0) is 23.6 Å². The topological polar surface area (TPSA) is 81.4 Å². The van der Waals surface area contributed by atoms with Crippen molar-refractivity contribution in [3.8, 4) is 16.5 Å². The van der Waals surface area contributed by atoms with E-state index >= 15 is 0 Å². The molecule has 0 aliphatic carbocycles. The summed E-state index contributed by atoms with van der Waals surface area (Å²) in [6, 6.07) is 6.11. The van der Waals surface area contributed by atoms with Gasteiger partial charge in [0.05, 0.1) is 10.9 Å². The van der Waals surface area contributed by atoms with Gasteiger partial charge in [0.1, 0.15) is 16.6 Å². The molecule has 0 radical (unpaired) electrons. The van der Waals surface area contributed by atoms with E-state index in [0.29, 0.717) is 27.5 Å². The molecule has 6 nitrogen and oxygen atoms in total. The van der Waals surface area contributed by atoms with Crippen molar-refractivity contribution in [1.82, 2.24) is 9.55 Å². The van der Waals surface area contributed by atoms with Gasteiger partial charge in [0.15, 0.2) is 5.75 Å². The van der Waals surface area contributed by atoms with Crippen molar-refractivity contribution in [2.45, 2.75) is 26.7 Å². The van der Waals surface area contributed by atoms with Crippen molar-refractivity contribution in [2.24, 2.45) is 0 Å². The number of phenolic OH excluding ortho intramolecular Hbond substituents is 1. The third-order valence-corrected chi connectivity index (χ3v) is 4.34. The zero-order valence-electron chi connectivity index (χ0n) is 13.4. The fourth-order valence-electron chi connectivity index (χ4n) is 2.46. The van der Waals surface area contributed by atoms with Crippen molar-refractivity contribution >= 4 is 28.2 Å². The molecule has 1 aromatic carbocycles. The molecule has 0 unspecified atom stereocenters. The Hall–Kier alpha value is -2.67. The highest BCUT2D eigenvalue weighted by Crippen LogP contribution is 2.31. The Kier molecular flexibility index (Phi) is 4.11. The summed E-state index contributed by atoms with van der Waals surface area (Å²) in [5, 5.41) is 12.3. The molecule has 0 saturated carbocycles. The summed E-state index contributed by atoms with van der Waals surface area (Å²) in [5.41, 5.74) is 0.171. The van der Waals surface area contributed by atoms with Crippen molar-refractivity contribution in [1.29, 1.82) is 0 Å². The molecule has 0 amide bonds. The van der Waals surface area contributed by atoms with Crippen molar-refractivity contribution in [3.05, 3.63) is 45.8 Å². The molecule has 124 valence electrons. The minimum Gasteiger partial charge on any atom is -0.508 e. The van der Waals surface area contributed by atoms with Gasteiger partial charge in [-0.1, -0.05) is 13.8 Å². The Morgan fingerprint density at radius 1 is 1.33 bits per heavy atom. The van der Waals surface area contributed by atoms with E-state index in [9.17, 15) is 14.7 Å². The maximum Gasteiger partial charge on any atom is 0.308 e. The van der Waals surface area contributed by atoms with Gasteiger partial charge in [-0.15, -0.1) is 11.3 Å². The van der Waals surface area contributed by atoms with E-state index < -0.39 is 5.97 Å². The monoisotopic (exact) mass is 344 g/mol. The summed E-state index contributed by atoms with van der Waals surface area (Å²) in [6.07, 6.45) is 0. The molecule has 3 aromatic rings. The number of hydrogen-bond acceptors (Lipinski definition) is 6. The number of benzene rings is 1. The Balaban J connectivity index is 2.35. The largest absolute Gasteiger partial charge is 0.508 e. The van der Waals surface area contributed by atoms with Gasteiger partial charge in [-0.25, -0.2) is 4.98 Å². The van der Waals surface area contributed by atoms with E-state index in [1.165, 1.54) is 35.0 Å². The minimum absolute atomic E-state index is 0.0447. The van der Waals surface area contributed by atoms with Crippen LogP contribution in [0.1, 0.15) is 32.5 Å². The highest BCUT2D eigenvalue weighted by Gasteiger charge is 2.20. The quantitative estimate of drug-likeness (QED) is 0.738. The molecule has 24 heavy (non-hydrogen) atoms. The van der Waals surface area contributed by atoms with Crippen LogP contribution in [-0.2, 0) is 4.79 Å². The van der Waals surface area contributed by atoms with Crippen molar-refractivity contribution < 1.29 is 14.6 Å². The number of aromatic hydroxyl groups is 1. The number of esters is 1. The van der Waals surface area contributed by atoms with E-state index in [0.717, 1.165) is 0 Å². The Morgan fingerprint density at radius 2 is 2.08 bits per heavy atom. The average molecular weight is 344 g/mol. The van der Waals surface area contributed by atoms with Crippen molar-refractivity contribution in [3.63, 3.8) is 0 Å². The maximum atomic E-state index is 13.0. The van der Waals surface area contributed by atoms with E-state index in [-0.39, 0.29) is 17.2 Å². The van der Waals surface area contributed by atoms with Crippen LogP contribution < -0.4 is 10.3 Å². The lowest BCUT2D eigenvalue weighted by Gasteiger charge is -2.15. The van der Waals surface area contributed by atoms with Gasteiger partial charge in [0.25, 0.3) is 5.56 Å². The number of nitrogens with zero attached hydrogens (tertiary/aromatic N) is 2. The van der Waals surface area contributed by atoms with Gasteiger partial charge in [0, 0.05) is 18.9 Å². The van der Waals surface area contributed by atoms with Gasteiger partial charge in [-0.2, -0.15) is 0 Å². The van der Waals surface area contributed by atoms with E-state index in [2.05, 4.69) is 4.98 Å². The first-order valence-electron chi connectivity index (χ1n) is 7.40. The van der Waals surface area contributed by atoms with Crippen LogP contribution in [0.25, 0.3) is 15.9 Å². The lowest BCUT2D eigenvalue weighted by molar-refractivity contribution is -0.131. The number of carbonyl (C=O) groups is 1. The molecule has 0 aliphatic heterocycles. The number of carbonyl (C=O) groups excluding carboxylic acids is 1. The molecule has 7 heteroatoms. The lowest BCUT2D eigenvalue weighted by Crippen LogP contribution is -2.24. The SMILES string of the molecule is CC(=O)Oc1ccsc1-n1c(C(C)C)nc2cc(O)ccc2c1=O. The van der Waals surface area contributed by atoms with Crippen LogP contribution in [0.4, 0.5) is 0 Å². The highest BCUT2D eigenvalue weighted by molar-refractivity contribution is 7.13. The number of phenols is 1. The summed E-state index contributed by atoms with van der Waals surface area (Å²) >= 11 is 1.30. The van der Waals surface area contributed by atoms with Crippen molar-refractivity contribution in [2.75, 3.05) is 0 Å². The molecule has 0 aliphatic rings. The third-order valence-electron chi connectivity index (χ3n) is 3.46. The summed E-state index contributed by atoms with van der Waals surface area (Å²) in [6.45, 7) is 5.16. The minimum atomic E-state index is -0.451. The molecule has 0 bridgehead atoms. The molecule has 3 rings (SSSR count). The fraction of sp³-hybridized carbons (Fsp3) is 0.235. The summed E-state index contributed by atoms with van der Waals surface area (Å²) in [5.74, 6) is 0.424.